The lowest BCUT2D eigenvalue weighted by atomic mass is 10.2. The third-order valence-electron chi connectivity index (χ3n) is 2.39. The van der Waals surface area contributed by atoms with Gasteiger partial charge in [-0.25, -0.2) is 10.1 Å². The first-order valence-corrected chi connectivity index (χ1v) is 5.90. The van der Waals surface area contributed by atoms with Gasteiger partial charge in [-0.3, -0.25) is 0 Å². The van der Waals surface area contributed by atoms with Crippen LogP contribution in [-0.2, 0) is 6.61 Å². The van der Waals surface area contributed by atoms with Crippen molar-refractivity contribution in [3.8, 4) is 5.75 Å². The molecule has 98 valence electrons. The SMILES string of the molecule is O=[N+]([O-])Nc1cc(Cl)ccc1OCc1ccccc1. The second kappa shape index (κ2) is 6.06. The Morgan fingerprint density at radius 3 is 2.63 bits per heavy atom. The fourth-order valence-corrected chi connectivity index (χ4v) is 1.72. The molecule has 6 heteroatoms. The number of hydrazine groups is 1. The highest BCUT2D eigenvalue weighted by Gasteiger charge is 2.09. The fourth-order valence-electron chi connectivity index (χ4n) is 1.55. The Hall–Kier alpha value is -2.27. The van der Waals surface area contributed by atoms with Gasteiger partial charge in [0.05, 0.1) is 0 Å². The lowest BCUT2D eigenvalue weighted by molar-refractivity contribution is -0.445. The monoisotopic (exact) mass is 278 g/mol. The molecule has 0 spiro atoms. The molecular formula is C13H11ClN2O3. The van der Waals surface area contributed by atoms with Crippen LogP contribution in [0.3, 0.4) is 0 Å². The summed E-state index contributed by atoms with van der Waals surface area (Å²) < 4.78 is 5.55. The molecule has 2 aromatic carbocycles. The van der Waals surface area contributed by atoms with Gasteiger partial charge in [-0.1, -0.05) is 41.9 Å². The van der Waals surface area contributed by atoms with Gasteiger partial charge in [0.2, 0.25) is 0 Å². The summed E-state index contributed by atoms with van der Waals surface area (Å²) in [5.41, 5.74) is 3.27. The number of anilines is 1. The van der Waals surface area contributed by atoms with Crippen LogP contribution >= 0.6 is 11.6 Å². The first kappa shape index (κ1) is 13.2. The smallest absolute Gasteiger partial charge is 0.162 e. The van der Waals surface area contributed by atoms with Gasteiger partial charge in [0, 0.05) is 5.02 Å². The average Bonchev–Trinajstić information content (AvgIpc) is 2.38. The Balaban J connectivity index is 2.13. The van der Waals surface area contributed by atoms with Crippen molar-refractivity contribution in [1.82, 2.24) is 0 Å². The van der Waals surface area contributed by atoms with Gasteiger partial charge in [-0.15, -0.1) is 5.43 Å². The quantitative estimate of drug-likeness (QED) is 0.671. The Morgan fingerprint density at radius 1 is 1.21 bits per heavy atom. The molecule has 0 fully saturated rings. The first-order valence-electron chi connectivity index (χ1n) is 5.52. The highest BCUT2D eigenvalue weighted by molar-refractivity contribution is 6.30. The summed E-state index contributed by atoms with van der Waals surface area (Å²) in [6.07, 6.45) is 0. The van der Waals surface area contributed by atoms with Gasteiger partial charge in [-0.05, 0) is 23.8 Å². The minimum atomic E-state index is -0.652. The van der Waals surface area contributed by atoms with Gasteiger partial charge in [0.15, 0.2) is 5.03 Å². The minimum absolute atomic E-state index is 0.230. The second-order valence-electron chi connectivity index (χ2n) is 3.78. The van der Waals surface area contributed by atoms with Crippen molar-refractivity contribution in [3.63, 3.8) is 0 Å². The normalized spacial score (nSPS) is 9.95. The number of halogens is 1. The number of hydrogen-bond donors (Lipinski definition) is 1. The van der Waals surface area contributed by atoms with Crippen molar-refractivity contribution in [2.75, 3.05) is 5.43 Å². The first-order chi connectivity index (χ1) is 9.15. The van der Waals surface area contributed by atoms with Crippen LogP contribution in [0, 0.1) is 10.1 Å². The van der Waals surface area contributed by atoms with E-state index in [1.165, 1.54) is 6.07 Å². The molecule has 0 aliphatic carbocycles. The molecule has 0 radical (unpaired) electrons. The van der Waals surface area contributed by atoms with Crippen molar-refractivity contribution in [1.29, 1.82) is 0 Å². The summed E-state index contributed by atoms with van der Waals surface area (Å²) in [6.45, 7) is 0.328. The lowest BCUT2D eigenvalue weighted by Crippen LogP contribution is -2.09. The summed E-state index contributed by atoms with van der Waals surface area (Å²) in [5.74, 6) is 0.380. The van der Waals surface area contributed by atoms with Crippen molar-refractivity contribution in [2.24, 2.45) is 0 Å². The zero-order chi connectivity index (χ0) is 13.7. The summed E-state index contributed by atoms with van der Waals surface area (Å²) in [6, 6.07) is 14.2. The van der Waals surface area contributed by atoms with E-state index in [0.29, 0.717) is 17.4 Å². The summed E-state index contributed by atoms with van der Waals surface area (Å²) in [4.78, 5) is 10.5. The van der Waals surface area contributed by atoms with Crippen molar-refractivity contribution < 1.29 is 9.77 Å². The highest BCUT2D eigenvalue weighted by atomic mass is 35.5. The number of nitrogens with one attached hydrogen (secondary N) is 1. The molecule has 0 aliphatic rings. The summed E-state index contributed by atoms with van der Waals surface area (Å²) in [7, 11) is 0. The Kier molecular flexibility index (Phi) is 4.20. The minimum Gasteiger partial charge on any atom is -0.487 e. The van der Waals surface area contributed by atoms with E-state index in [4.69, 9.17) is 16.3 Å². The molecule has 0 aliphatic heterocycles. The predicted octanol–water partition coefficient (Wildman–Crippen LogP) is 3.52. The van der Waals surface area contributed by atoms with Crippen molar-refractivity contribution >= 4 is 17.3 Å². The zero-order valence-electron chi connectivity index (χ0n) is 9.88. The molecule has 2 aromatic rings. The average molecular weight is 279 g/mol. The molecular weight excluding hydrogens is 268 g/mol. The molecule has 5 nitrogen and oxygen atoms in total. The molecule has 2 rings (SSSR count). The number of benzene rings is 2. The van der Waals surface area contributed by atoms with E-state index in [1.54, 1.807) is 12.1 Å². The fraction of sp³-hybridized carbons (Fsp3) is 0.0769. The molecule has 0 heterocycles. The standard InChI is InChI=1S/C13H11ClN2O3/c14-11-6-7-13(12(8-11)15-16(17)18)19-9-10-4-2-1-3-5-10/h1-8,15H,9H2. The predicted molar refractivity (Wildman–Crippen MR) is 72.8 cm³/mol. The van der Waals surface area contributed by atoms with E-state index in [0.717, 1.165) is 5.56 Å². The lowest BCUT2D eigenvalue weighted by Gasteiger charge is -2.09. The molecule has 19 heavy (non-hydrogen) atoms. The maximum Gasteiger partial charge on any atom is 0.162 e. The molecule has 0 saturated carbocycles. The largest absolute Gasteiger partial charge is 0.487 e. The van der Waals surface area contributed by atoms with E-state index >= 15 is 0 Å². The number of hydrogen-bond acceptors (Lipinski definition) is 3. The number of rotatable bonds is 5. The zero-order valence-corrected chi connectivity index (χ0v) is 10.6. The van der Waals surface area contributed by atoms with E-state index in [2.05, 4.69) is 5.43 Å². The van der Waals surface area contributed by atoms with E-state index in [-0.39, 0.29) is 5.69 Å². The maximum atomic E-state index is 10.5. The maximum absolute atomic E-state index is 10.5. The van der Waals surface area contributed by atoms with E-state index in [1.807, 2.05) is 30.3 Å². The Labute approximate surface area is 114 Å². The van der Waals surface area contributed by atoms with Crippen LogP contribution in [-0.4, -0.2) is 5.03 Å². The van der Waals surface area contributed by atoms with Gasteiger partial charge in [-0.2, -0.15) is 0 Å². The second-order valence-corrected chi connectivity index (χ2v) is 4.22. The molecule has 0 aromatic heterocycles. The highest BCUT2D eigenvalue weighted by Crippen LogP contribution is 2.28. The van der Waals surface area contributed by atoms with Crippen LogP contribution in [0.2, 0.25) is 5.02 Å². The van der Waals surface area contributed by atoms with Crippen LogP contribution in [0.1, 0.15) is 5.56 Å². The number of ether oxygens (including phenoxy) is 1. The van der Waals surface area contributed by atoms with Gasteiger partial charge < -0.3 is 4.74 Å². The third-order valence-corrected chi connectivity index (χ3v) is 2.63. The van der Waals surface area contributed by atoms with Crippen LogP contribution in [0.4, 0.5) is 5.69 Å². The van der Waals surface area contributed by atoms with Gasteiger partial charge >= 0.3 is 0 Å². The van der Waals surface area contributed by atoms with E-state index < -0.39 is 5.03 Å². The summed E-state index contributed by atoms with van der Waals surface area (Å²) >= 11 is 5.80. The van der Waals surface area contributed by atoms with Crippen LogP contribution in [0.5, 0.6) is 5.75 Å². The number of nitro groups is 1. The molecule has 0 atom stereocenters. The third kappa shape index (κ3) is 3.86. The molecule has 0 amide bonds. The Morgan fingerprint density at radius 2 is 1.95 bits per heavy atom. The molecule has 0 unspecified atom stereocenters. The van der Waals surface area contributed by atoms with Gasteiger partial charge in [0.1, 0.15) is 18.0 Å². The van der Waals surface area contributed by atoms with Crippen LogP contribution < -0.4 is 10.2 Å². The summed E-state index contributed by atoms with van der Waals surface area (Å²) in [5, 5.41) is 10.2. The topological polar surface area (TPSA) is 64.4 Å². The van der Waals surface area contributed by atoms with Crippen LogP contribution in [0.25, 0.3) is 0 Å². The van der Waals surface area contributed by atoms with E-state index in [9.17, 15) is 10.1 Å². The molecule has 0 saturated heterocycles. The molecule has 1 N–H and O–H groups in total. The van der Waals surface area contributed by atoms with Gasteiger partial charge in [0.25, 0.3) is 0 Å². The van der Waals surface area contributed by atoms with Crippen molar-refractivity contribution in [2.45, 2.75) is 6.61 Å². The molecule has 0 bridgehead atoms. The number of nitrogens with zero attached hydrogens (tertiary/aromatic N) is 1. The van der Waals surface area contributed by atoms with Crippen LogP contribution in [0.15, 0.2) is 48.5 Å². The van der Waals surface area contributed by atoms with Crippen molar-refractivity contribution in [3.05, 3.63) is 69.2 Å². The Bertz CT molecular complexity index is 575.